The average molecular weight is 332 g/mol. The number of benzene rings is 1. The Morgan fingerprint density at radius 2 is 1.92 bits per heavy atom. The van der Waals surface area contributed by atoms with Crippen molar-refractivity contribution >= 4 is 5.91 Å². The first-order valence-electron chi connectivity index (χ1n) is 9.05. The minimum atomic E-state index is -0.0412. The van der Waals surface area contributed by atoms with Gasteiger partial charge < -0.3 is 15.2 Å². The van der Waals surface area contributed by atoms with Gasteiger partial charge in [-0.1, -0.05) is 18.2 Å². The van der Waals surface area contributed by atoms with Gasteiger partial charge >= 0.3 is 0 Å². The number of carbonyl (C=O) groups is 1. The molecule has 132 valence electrons. The predicted octanol–water partition coefficient (Wildman–Crippen LogP) is 1.80. The number of hydrogen-bond acceptors (Lipinski definition) is 4. The Balaban J connectivity index is 1.48. The molecule has 1 saturated carbocycles. The molecule has 5 nitrogen and oxygen atoms in total. The summed E-state index contributed by atoms with van der Waals surface area (Å²) in [7, 11) is 0. The Bertz CT molecular complexity index is 537. The summed E-state index contributed by atoms with van der Waals surface area (Å²) >= 11 is 0. The van der Waals surface area contributed by atoms with Gasteiger partial charge in [0.15, 0.2) is 6.61 Å². The van der Waals surface area contributed by atoms with Crippen LogP contribution in [0.2, 0.25) is 0 Å². The number of ether oxygens (including phenoxy) is 1. The van der Waals surface area contributed by atoms with Crippen LogP contribution in [0.25, 0.3) is 0 Å². The highest BCUT2D eigenvalue weighted by atomic mass is 16.5. The zero-order chi connectivity index (χ0) is 16.8. The SMILES string of the molecule is O=C(COc1ccccc1CN1CCC(CO)CC1)NCC1CC1. The summed E-state index contributed by atoms with van der Waals surface area (Å²) in [6.07, 6.45) is 4.56. The zero-order valence-electron chi connectivity index (χ0n) is 14.2. The molecule has 0 spiro atoms. The molecule has 1 saturated heterocycles. The molecule has 1 heterocycles. The van der Waals surface area contributed by atoms with E-state index < -0.39 is 0 Å². The van der Waals surface area contributed by atoms with Gasteiger partial charge in [0.25, 0.3) is 5.91 Å². The number of aliphatic hydroxyl groups is 1. The largest absolute Gasteiger partial charge is 0.483 e. The summed E-state index contributed by atoms with van der Waals surface area (Å²) in [5, 5.41) is 12.2. The number of nitrogens with zero attached hydrogens (tertiary/aromatic N) is 1. The smallest absolute Gasteiger partial charge is 0.257 e. The third-order valence-electron chi connectivity index (χ3n) is 4.98. The number of hydrogen-bond donors (Lipinski definition) is 2. The molecule has 0 atom stereocenters. The van der Waals surface area contributed by atoms with E-state index in [0.717, 1.165) is 50.3 Å². The fourth-order valence-electron chi connectivity index (χ4n) is 3.12. The van der Waals surface area contributed by atoms with Crippen molar-refractivity contribution in [3.63, 3.8) is 0 Å². The van der Waals surface area contributed by atoms with Crippen molar-refractivity contribution in [2.24, 2.45) is 11.8 Å². The van der Waals surface area contributed by atoms with Crippen LogP contribution in [0.5, 0.6) is 5.75 Å². The van der Waals surface area contributed by atoms with Crippen molar-refractivity contribution in [1.29, 1.82) is 0 Å². The van der Waals surface area contributed by atoms with Gasteiger partial charge in [0.05, 0.1) is 0 Å². The summed E-state index contributed by atoms with van der Waals surface area (Å²) in [5.41, 5.74) is 1.12. The van der Waals surface area contributed by atoms with Gasteiger partial charge in [-0.25, -0.2) is 0 Å². The molecule has 1 aliphatic carbocycles. The third kappa shape index (κ3) is 5.21. The number of rotatable bonds is 8. The van der Waals surface area contributed by atoms with E-state index in [4.69, 9.17) is 4.74 Å². The molecular formula is C19H28N2O3. The minimum Gasteiger partial charge on any atom is -0.483 e. The normalized spacial score (nSPS) is 19.2. The second-order valence-corrected chi connectivity index (χ2v) is 7.05. The lowest BCUT2D eigenvalue weighted by Crippen LogP contribution is -2.34. The highest BCUT2D eigenvalue weighted by molar-refractivity contribution is 5.77. The Morgan fingerprint density at radius 3 is 2.62 bits per heavy atom. The van der Waals surface area contributed by atoms with Crippen LogP contribution in [0.1, 0.15) is 31.2 Å². The van der Waals surface area contributed by atoms with Gasteiger partial charge in [0, 0.05) is 25.3 Å². The van der Waals surface area contributed by atoms with Crippen molar-refractivity contribution in [3.8, 4) is 5.75 Å². The maximum Gasteiger partial charge on any atom is 0.257 e. The molecule has 1 aromatic rings. The molecule has 2 aliphatic rings. The molecule has 2 N–H and O–H groups in total. The van der Waals surface area contributed by atoms with Crippen LogP contribution in [-0.2, 0) is 11.3 Å². The van der Waals surface area contributed by atoms with Gasteiger partial charge in [-0.15, -0.1) is 0 Å². The van der Waals surface area contributed by atoms with E-state index in [-0.39, 0.29) is 12.5 Å². The molecule has 5 heteroatoms. The fourth-order valence-corrected chi connectivity index (χ4v) is 3.12. The summed E-state index contributed by atoms with van der Waals surface area (Å²) in [6, 6.07) is 7.95. The van der Waals surface area contributed by atoms with Crippen LogP contribution in [-0.4, -0.2) is 48.8 Å². The Hall–Kier alpha value is -1.59. The molecule has 2 fully saturated rings. The predicted molar refractivity (Wildman–Crippen MR) is 92.8 cm³/mol. The molecule has 1 aliphatic heterocycles. The van der Waals surface area contributed by atoms with Gasteiger partial charge in [-0.05, 0) is 56.7 Å². The summed E-state index contributed by atoms with van der Waals surface area (Å²) in [5.74, 6) is 1.88. The van der Waals surface area contributed by atoms with E-state index in [1.807, 2.05) is 18.2 Å². The summed E-state index contributed by atoms with van der Waals surface area (Å²) in [4.78, 5) is 14.2. The lowest BCUT2D eigenvalue weighted by molar-refractivity contribution is -0.123. The first-order valence-corrected chi connectivity index (χ1v) is 9.05. The monoisotopic (exact) mass is 332 g/mol. The number of piperidine rings is 1. The number of likely N-dealkylation sites (tertiary alicyclic amines) is 1. The molecule has 3 rings (SSSR count). The Kier molecular flexibility index (Phi) is 6.10. The van der Waals surface area contributed by atoms with Crippen LogP contribution >= 0.6 is 0 Å². The van der Waals surface area contributed by atoms with E-state index in [2.05, 4.69) is 16.3 Å². The lowest BCUT2D eigenvalue weighted by atomic mass is 9.97. The van der Waals surface area contributed by atoms with Crippen molar-refractivity contribution < 1.29 is 14.6 Å². The van der Waals surface area contributed by atoms with E-state index >= 15 is 0 Å². The summed E-state index contributed by atoms with van der Waals surface area (Å²) in [6.45, 7) is 3.99. The standard InChI is InChI=1S/C19H28N2O3/c22-13-16-7-9-21(10-8-16)12-17-3-1-2-4-18(17)24-14-19(23)20-11-15-5-6-15/h1-4,15-16,22H,5-14H2,(H,20,23). The van der Waals surface area contributed by atoms with Gasteiger partial charge in [0.1, 0.15) is 5.75 Å². The van der Waals surface area contributed by atoms with E-state index in [1.54, 1.807) is 0 Å². The minimum absolute atomic E-state index is 0.0412. The molecular weight excluding hydrogens is 304 g/mol. The van der Waals surface area contributed by atoms with Crippen LogP contribution in [0.15, 0.2) is 24.3 Å². The van der Waals surface area contributed by atoms with Crippen LogP contribution in [0.3, 0.4) is 0 Å². The maximum atomic E-state index is 11.8. The number of amides is 1. The third-order valence-corrected chi connectivity index (χ3v) is 4.98. The quantitative estimate of drug-likeness (QED) is 0.762. The molecule has 0 unspecified atom stereocenters. The molecule has 1 amide bonds. The first-order chi connectivity index (χ1) is 11.7. The second kappa shape index (κ2) is 8.49. The Labute approximate surface area is 144 Å². The van der Waals surface area contributed by atoms with Crippen molar-refractivity contribution in [2.45, 2.75) is 32.2 Å². The Morgan fingerprint density at radius 1 is 1.17 bits per heavy atom. The highest BCUT2D eigenvalue weighted by Crippen LogP contribution is 2.27. The number of carbonyl (C=O) groups excluding carboxylic acids is 1. The van der Waals surface area contributed by atoms with Gasteiger partial charge in [-0.2, -0.15) is 0 Å². The van der Waals surface area contributed by atoms with Gasteiger partial charge in [-0.3, -0.25) is 9.69 Å². The molecule has 0 bridgehead atoms. The fraction of sp³-hybridized carbons (Fsp3) is 0.632. The van der Waals surface area contributed by atoms with E-state index in [0.29, 0.717) is 18.4 Å². The summed E-state index contributed by atoms with van der Waals surface area (Å²) < 4.78 is 5.76. The van der Waals surface area contributed by atoms with E-state index in [1.165, 1.54) is 12.8 Å². The van der Waals surface area contributed by atoms with Gasteiger partial charge in [0.2, 0.25) is 0 Å². The van der Waals surface area contributed by atoms with E-state index in [9.17, 15) is 9.90 Å². The maximum absolute atomic E-state index is 11.8. The first kappa shape index (κ1) is 17.2. The van der Waals surface area contributed by atoms with Crippen molar-refractivity contribution in [1.82, 2.24) is 10.2 Å². The number of aliphatic hydroxyl groups excluding tert-OH is 1. The van der Waals surface area contributed by atoms with Crippen molar-refractivity contribution in [3.05, 3.63) is 29.8 Å². The van der Waals surface area contributed by atoms with Crippen LogP contribution in [0.4, 0.5) is 0 Å². The van der Waals surface area contributed by atoms with Crippen molar-refractivity contribution in [2.75, 3.05) is 32.8 Å². The van der Waals surface area contributed by atoms with Crippen LogP contribution < -0.4 is 10.1 Å². The topological polar surface area (TPSA) is 61.8 Å². The molecule has 1 aromatic carbocycles. The number of nitrogens with one attached hydrogen (secondary N) is 1. The zero-order valence-corrected chi connectivity index (χ0v) is 14.2. The lowest BCUT2D eigenvalue weighted by Gasteiger charge is -2.31. The molecule has 0 aromatic heterocycles. The number of para-hydroxylation sites is 1. The molecule has 0 radical (unpaired) electrons. The second-order valence-electron chi connectivity index (χ2n) is 7.05. The van der Waals surface area contributed by atoms with Crippen LogP contribution in [0, 0.1) is 11.8 Å². The molecule has 24 heavy (non-hydrogen) atoms. The average Bonchev–Trinajstić information content (AvgIpc) is 3.44. The highest BCUT2D eigenvalue weighted by Gasteiger charge is 2.22.